The molecule has 0 saturated heterocycles. The molecule has 0 radical (unpaired) electrons. The lowest BCUT2D eigenvalue weighted by atomic mass is 9.84. The number of hydrogen-bond acceptors (Lipinski definition) is 9. The van der Waals surface area contributed by atoms with Gasteiger partial charge in [-0.05, 0) is 33.8 Å². The zero-order chi connectivity index (χ0) is 21.7. The molecule has 29 heavy (non-hydrogen) atoms. The molecule has 0 aromatic heterocycles. The highest BCUT2D eigenvalue weighted by Crippen LogP contribution is 2.36. The van der Waals surface area contributed by atoms with E-state index in [1.807, 2.05) is 0 Å². The monoisotopic (exact) mass is 407 g/mol. The van der Waals surface area contributed by atoms with Crippen LogP contribution in [0.1, 0.15) is 27.7 Å². The predicted octanol–water partition coefficient (Wildman–Crippen LogP) is 1.83. The zero-order valence-corrected chi connectivity index (χ0v) is 17.3. The van der Waals surface area contributed by atoms with E-state index in [1.54, 1.807) is 27.7 Å². The van der Waals surface area contributed by atoms with Crippen molar-refractivity contribution in [3.63, 3.8) is 0 Å². The molecule has 0 atom stereocenters. The third-order valence-corrected chi connectivity index (χ3v) is 4.34. The Balaban J connectivity index is 2.65. The van der Waals surface area contributed by atoms with E-state index in [-0.39, 0.29) is 41.6 Å². The number of cyclic esters (lactones) is 1. The number of hydrogen-bond donors (Lipinski definition) is 1. The maximum atomic E-state index is 12.7. The lowest BCUT2D eigenvalue weighted by Gasteiger charge is -2.28. The minimum atomic E-state index is -0.890. The van der Waals surface area contributed by atoms with Crippen LogP contribution in [0.4, 0.5) is 0 Å². The average molecular weight is 407 g/mol. The number of ether oxygens (including phenoxy) is 5. The molecular formula is C20H25NO8. The quantitative estimate of drug-likeness (QED) is 0.499. The molecule has 0 amide bonds. The number of methoxy groups -OCH3 is 2. The van der Waals surface area contributed by atoms with Crippen LogP contribution in [0.25, 0.3) is 0 Å². The van der Waals surface area contributed by atoms with E-state index in [0.717, 1.165) is 0 Å². The highest BCUT2D eigenvalue weighted by molar-refractivity contribution is 5.99. The lowest BCUT2D eigenvalue weighted by molar-refractivity contribution is -0.140. The summed E-state index contributed by atoms with van der Waals surface area (Å²) in [5.74, 6) is -2.84. The largest absolute Gasteiger partial charge is 0.490 e. The van der Waals surface area contributed by atoms with Crippen LogP contribution in [0.5, 0.6) is 0 Å². The minimum absolute atomic E-state index is 0.0328. The Bertz CT molecular complexity index is 807. The normalized spacial score (nSPS) is 18.7. The number of esters is 3. The molecule has 0 aromatic carbocycles. The summed E-state index contributed by atoms with van der Waals surface area (Å²) in [6.07, 6.45) is 1.45. The van der Waals surface area contributed by atoms with Gasteiger partial charge in [0.1, 0.15) is 0 Å². The van der Waals surface area contributed by atoms with E-state index >= 15 is 0 Å². The zero-order valence-electron chi connectivity index (χ0n) is 17.3. The van der Waals surface area contributed by atoms with Crippen molar-refractivity contribution in [3.05, 3.63) is 45.9 Å². The minimum Gasteiger partial charge on any atom is -0.490 e. The maximum Gasteiger partial charge on any atom is 0.383 e. The Morgan fingerprint density at radius 1 is 0.966 bits per heavy atom. The summed E-state index contributed by atoms with van der Waals surface area (Å²) in [6.45, 7) is 7.06. The Kier molecular flexibility index (Phi) is 7.08. The molecule has 9 heteroatoms. The van der Waals surface area contributed by atoms with Crippen molar-refractivity contribution in [1.29, 1.82) is 0 Å². The van der Waals surface area contributed by atoms with Crippen LogP contribution in [0.15, 0.2) is 45.9 Å². The van der Waals surface area contributed by atoms with E-state index in [9.17, 15) is 14.4 Å². The molecule has 158 valence electrons. The first-order valence-corrected chi connectivity index (χ1v) is 9.09. The summed E-state index contributed by atoms with van der Waals surface area (Å²) < 4.78 is 25.9. The van der Waals surface area contributed by atoms with Crippen LogP contribution in [0, 0.1) is 5.92 Å². The Hall–Kier alpha value is -3.23. The molecule has 0 aliphatic carbocycles. The molecule has 0 saturated carbocycles. The van der Waals surface area contributed by atoms with Crippen molar-refractivity contribution in [3.8, 4) is 0 Å². The molecule has 2 aliphatic heterocycles. The lowest BCUT2D eigenvalue weighted by Crippen LogP contribution is -2.33. The molecule has 2 heterocycles. The smallest absolute Gasteiger partial charge is 0.383 e. The molecule has 2 rings (SSSR count). The van der Waals surface area contributed by atoms with Gasteiger partial charge in [0.15, 0.2) is 5.76 Å². The molecule has 2 aliphatic rings. The van der Waals surface area contributed by atoms with Crippen LogP contribution in [-0.4, -0.2) is 45.3 Å². The van der Waals surface area contributed by atoms with Crippen molar-refractivity contribution < 1.29 is 38.1 Å². The van der Waals surface area contributed by atoms with E-state index in [2.05, 4.69) is 5.32 Å². The number of carbonyl (C=O) groups is 3. The van der Waals surface area contributed by atoms with Gasteiger partial charge in [-0.3, -0.25) is 0 Å². The number of carbonyl (C=O) groups excluding carboxylic acids is 3. The van der Waals surface area contributed by atoms with E-state index in [1.165, 1.54) is 20.3 Å². The molecule has 0 aromatic rings. The summed E-state index contributed by atoms with van der Waals surface area (Å²) in [5.41, 5.74) is 1.42. The first kappa shape index (κ1) is 22.1. The summed E-state index contributed by atoms with van der Waals surface area (Å²) in [7, 11) is 2.67. The van der Waals surface area contributed by atoms with Crippen molar-refractivity contribution in [1.82, 2.24) is 5.32 Å². The second-order valence-corrected chi connectivity index (χ2v) is 6.11. The van der Waals surface area contributed by atoms with E-state index in [0.29, 0.717) is 11.4 Å². The molecular weight excluding hydrogens is 382 g/mol. The van der Waals surface area contributed by atoms with Gasteiger partial charge in [0.25, 0.3) is 5.76 Å². The van der Waals surface area contributed by atoms with Gasteiger partial charge >= 0.3 is 17.9 Å². The molecule has 0 unspecified atom stereocenters. The highest BCUT2D eigenvalue weighted by atomic mass is 16.6. The van der Waals surface area contributed by atoms with Crippen molar-refractivity contribution >= 4 is 17.9 Å². The van der Waals surface area contributed by atoms with Crippen LogP contribution in [0.3, 0.4) is 0 Å². The van der Waals surface area contributed by atoms with Crippen molar-refractivity contribution in [2.24, 2.45) is 5.92 Å². The SMILES string of the molecule is CCOC(=O)C1=C(C)NC(C)=C(C(=O)OCC)C1/C=C1\OC(=O)C(OC)=C1OC. The van der Waals surface area contributed by atoms with Crippen LogP contribution in [-0.2, 0) is 38.1 Å². The van der Waals surface area contributed by atoms with Crippen LogP contribution >= 0.6 is 0 Å². The van der Waals surface area contributed by atoms with Gasteiger partial charge in [0.2, 0.25) is 5.76 Å². The van der Waals surface area contributed by atoms with Gasteiger partial charge in [-0.15, -0.1) is 0 Å². The van der Waals surface area contributed by atoms with Gasteiger partial charge < -0.3 is 29.0 Å². The average Bonchev–Trinajstić information content (AvgIpc) is 2.95. The Morgan fingerprint density at radius 3 is 1.86 bits per heavy atom. The van der Waals surface area contributed by atoms with Gasteiger partial charge in [-0.25, -0.2) is 14.4 Å². The fourth-order valence-corrected chi connectivity index (χ4v) is 3.20. The van der Waals surface area contributed by atoms with E-state index < -0.39 is 23.8 Å². The molecule has 0 spiro atoms. The number of nitrogens with one attached hydrogen (secondary N) is 1. The second-order valence-electron chi connectivity index (χ2n) is 6.11. The summed E-state index contributed by atoms with van der Waals surface area (Å²) >= 11 is 0. The molecule has 0 fully saturated rings. The fourth-order valence-electron chi connectivity index (χ4n) is 3.20. The summed E-state index contributed by atoms with van der Waals surface area (Å²) in [6, 6.07) is 0. The van der Waals surface area contributed by atoms with Gasteiger partial charge in [-0.1, -0.05) is 0 Å². The summed E-state index contributed by atoms with van der Waals surface area (Å²) in [4.78, 5) is 37.4. The standard InChI is InChI=1S/C20H25NO8/c1-7-27-18(22)14-10(3)21-11(4)15(19(23)28-8-2)12(14)9-13-16(25-5)17(26-6)20(24)29-13/h9,12,21H,7-8H2,1-6H3/b13-9-. The topological polar surface area (TPSA) is 109 Å². The number of rotatable bonds is 7. The van der Waals surface area contributed by atoms with Crippen LogP contribution in [0.2, 0.25) is 0 Å². The van der Waals surface area contributed by atoms with Crippen molar-refractivity contribution in [2.45, 2.75) is 27.7 Å². The predicted molar refractivity (Wildman–Crippen MR) is 101 cm³/mol. The molecule has 0 bridgehead atoms. The van der Waals surface area contributed by atoms with Gasteiger partial charge in [0, 0.05) is 17.3 Å². The van der Waals surface area contributed by atoms with E-state index in [4.69, 9.17) is 23.7 Å². The van der Waals surface area contributed by atoms with Crippen LogP contribution < -0.4 is 5.32 Å². The van der Waals surface area contributed by atoms with Gasteiger partial charge in [-0.2, -0.15) is 0 Å². The third kappa shape index (κ3) is 4.28. The third-order valence-electron chi connectivity index (χ3n) is 4.34. The first-order chi connectivity index (χ1) is 13.8. The Labute approximate surface area is 169 Å². The van der Waals surface area contributed by atoms with Crippen molar-refractivity contribution in [2.75, 3.05) is 27.4 Å². The summed E-state index contributed by atoms with van der Waals surface area (Å²) in [5, 5.41) is 3.02. The fraction of sp³-hybridized carbons (Fsp3) is 0.450. The molecule has 1 N–H and O–H groups in total. The molecule has 9 nitrogen and oxygen atoms in total. The number of dihydropyridines is 1. The Morgan fingerprint density at radius 2 is 1.45 bits per heavy atom. The number of allylic oxidation sites excluding steroid dienone is 3. The first-order valence-electron chi connectivity index (χ1n) is 9.09. The maximum absolute atomic E-state index is 12.7. The second kappa shape index (κ2) is 9.31. The highest BCUT2D eigenvalue weighted by Gasteiger charge is 2.39. The van der Waals surface area contributed by atoms with Gasteiger partial charge in [0.05, 0.1) is 38.6 Å².